The molecule has 27 heavy (non-hydrogen) atoms. The standard InChI is InChI=1S/C19H17N3O5/c23-19-18(8-10-21(19)13-4-3-5-14(12-13)22(24)25)27-20-16-9-11-26-17-7-2-1-6-15(16)17/h1-7,12,18H,8-11H2. The van der Waals surface area contributed by atoms with Crippen LogP contribution in [-0.2, 0) is 9.63 Å². The van der Waals surface area contributed by atoms with Crippen molar-refractivity contribution >= 4 is 23.0 Å². The fraction of sp³-hybridized carbons (Fsp3) is 0.263. The lowest BCUT2D eigenvalue weighted by molar-refractivity contribution is -0.384. The summed E-state index contributed by atoms with van der Waals surface area (Å²) in [6.07, 6.45) is 0.370. The number of carbonyl (C=O) groups excluding carboxylic acids is 1. The minimum absolute atomic E-state index is 0.0521. The van der Waals surface area contributed by atoms with E-state index >= 15 is 0 Å². The molecule has 2 heterocycles. The number of fused-ring (bicyclic) bond motifs is 1. The van der Waals surface area contributed by atoms with E-state index in [0.717, 1.165) is 17.0 Å². The van der Waals surface area contributed by atoms with E-state index in [1.54, 1.807) is 12.1 Å². The quantitative estimate of drug-likeness (QED) is 0.612. The number of nitro groups is 1. The van der Waals surface area contributed by atoms with Gasteiger partial charge in [-0.2, -0.15) is 0 Å². The lowest BCUT2D eigenvalue weighted by Gasteiger charge is -2.19. The van der Waals surface area contributed by atoms with Gasteiger partial charge in [0.15, 0.2) is 0 Å². The van der Waals surface area contributed by atoms with Crippen LogP contribution in [-0.4, -0.2) is 35.8 Å². The van der Waals surface area contributed by atoms with Crippen LogP contribution < -0.4 is 9.64 Å². The molecule has 2 aromatic rings. The van der Waals surface area contributed by atoms with Crippen LogP contribution in [0.1, 0.15) is 18.4 Å². The molecule has 4 rings (SSSR count). The Labute approximate surface area is 155 Å². The van der Waals surface area contributed by atoms with Crippen LogP contribution in [0, 0.1) is 10.1 Å². The first-order chi connectivity index (χ1) is 13.1. The molecule has 2 aliphatic rings. The van der Waals surface area contributed by atoms with Gasteiger partial charge in [-0.3, -0.25) is 14.9 Å². The molecule has 0 saturated carbocycles. The van der Waals surface area contributed by atoms with E-state index in [2.05, 4.69) is 5.16 Å². The number of ether oxygens (including phenoxy) is 1. The number of nitro benzene ring substituents is 1. The summed E-state index contributed by atoms with van der Waals surface area (Å²) in [5.41, 5.74) is 2.05. The van der Waals surface area contributed by atoms with Gasteiger partial charge in [-0.15, -0.1) is 0 Å². The fourth-order valence-electron chi connectivity index (χ4n) is 3.23. The highest BCUT2D eigenvalue weighted by Crippen LogP contribution is 2.28. The molecular formula is C19H17N3O5. The van der Waals surface area contributed by atoms with Gasteiger partial charge in [0.1, 0.15) is 5.75 Å². The average Bonchev–Trinajstić information content (AvgIpc) is 3.07. The van der Waals surface area contributed by atoms with Gasteiger partial charge in [-0.05, 0) is 18.2 Å². The molecule has 138 valence electrons. The van der Waals surface area contributed by atoms with Crippen molar-refractivity contribution in [2.75, 3.05) is 18.1 Å². The number of non-ortho nitro benzene ring substituents is 1. The van der Waals surface area contributed by atoms with Crippen molar-refractivity contribution in [3.05, 3.63) is 64.2 Å². The van der Waals surface area contributed by atoms with E-state index in [1.165, 1.54) is 17.0 Å². The number of hydrogen-bond acceptors (Lipinski definition) is 6. The van der Waals surface area contributed by atoms with E-state index in [-0.39, 0.29) is 11.6 Å². The summed E-state index contributed by atoms with van der Waals surface area (Å²) in [6, 6.07) is 13.6. The number of hydrogen-bond donors (Lipinski definition) is 0. The molecule has 0 aromatic heterocycles. The zero-order chi connectivity index (χ0) is 18.8. The summed E-state index contributed by atoms with van der Waals surface area (Å²) in [7, 11) is 0. The number of amides is 1. The highest BCUT2D eigenvalue weighted by molar-refractivity contribution is 6.03. The SMILES string of the molecule is O=C1C(ON=C2CCOc3ccccc32)CCN1c1cccc([N+](=O)[O-])c1. The van der Waals surface area contributed by atoms with Crippen molar-refractivity contribution < 1.29 is 19.3 Å². The normalized spacial score (nSPS) is 20.3. The smallest absolute Gasteiger partial charge is 0.271 e. The van der Waals surface area contributed by atoms with Gasteiger partial charge in [-0.1, -0.05) is 23.4 Å². The second-order valence-corrected chi connectivity index (χ2v) is 6.28. The van der Waals surface area contributed by atoms with Crippen molar-refractivity contribution in [2.45, 2.75) is 18.9 Å². The van der Waals surface area contributed by atoms with Crippen molar-refractivity contribution in [1.82, 2.24) is 0 Å². The number of nitrogens with zero attached hydrogens (tertiary/aromatic N) is 3. The molecule has 8 nitrogen and oxygen atoms in total. The predicted molar refractivity (Wildman–Crippen MR) is 98.0 cm³/mol. The van der Waals surface area contributed by atoms with Crippen molar-refractivity contribution in [1.29, 1.82) is 0 Å². The molecule has 0 aliphatic carbocycles. The second kappa shape index (κ2) is 7.06. The number of oxime groups is 1. The average molecular weight is 367 g/mol. The first-order valence-electron chi connectivity index (χ1n) is 8.64. The molecule has 0 spiro atoms. The van der Waals surface area contributed by atoms with Crippen LogP contribution in [0.15, 0.2) is 53.7 Å². The molecule has 0 bridgehead atoms. The minimum Gasteiger partial charge on any atom is -0.492 e. The van der Waals surface area contributed by atoms with E-state index in [1.807, 2.05) is 24.3 Å². The van der Waals surface area contributed by atoms with Crippen molar-refractivity contribution in [3.8, 4) is 5.75 Å². The third-order valence-electron chi connectivity index (χ3n) is 4.59. The lowest BCUT2D eigenvalue weighted by atomic mass is 10.0. The summed E-state index contributed by atoms with van der Waals surface area (Å²) in [6.45, 7) is 0.937. The number of benzene rings is 2. The summed E-state index contributed by atoms with van der Waals surface area (Å²) in [5, 5.41) is 15.2. The highest BCUT2D eigenvalue weighted by Gasteiger charge is 2.35. The fourth-order valence-corrected chi connectivity index (χ4v) is 3.23. The third-order valence-corrected chi connectivity index (χ3v) is 4.59. The van der Waals surface area contributed by atoms with Gasteiger partial charge in [0.2, 0.25) is 6.10 Å². The van der Waals surface area contributed by atoms with E-state index in [4.69, 9.17) is 9.57 Å². The molecule has 2 aromatic carbocycles. The second-order valence-electron chi connectivity index (χ2n) is 6.28. The summed E-state index contributed by atoms with van der Waals surface area (Å²) in [4.78, 5) is 30.1. The Hall–Kier alpha value is -3.42. The van der Waals surface area contributed by atoms with Crippen LogP contribution in [0.25, 0.3) is 0 Å². The first-order valence-corrected chi connectivity index (χ1v) is 8.64. The Morgan fingerprint density at radius 3 is 2.93 bits per heavy atom. The molecule has 1 atom stereocenters. The van der Waals surface area contributed by atoms with Gasteiger partial charge >= 0.3 is 0 Å². The monoisotopic (exact) mass is 367 g/mol. The molecule has 2 aliphatic heterocycles. The largest absolute Gasteiger partial charge is 0.492 e. The Morgan fingerprint density at radius 2 is 2.07 bits per heavy atom. The molecule has 1 saturated heterocycles. The molecule has 0 N–H and O–H groups in total. The summed E-state index contributed by atoms with van der Waals surface area (Å²) in [5.74, 6) is 0.502. The third kappa shape index (κ3) is 3.33. The summed E-state index contributed by atoms with van der Waals surface area (Å²) < 4.78 is 5.59. The Morgan fingerprint density at radius 1 is 1.22 bits per heavy atom. The number of anilines is 1. The number of rotatable bonds is 4. The number of carbonyl (C=O) groups is 1. The maximum Gasteiger partial charge on any atom is 0.271 e. The van der Waals surface area contributed by atoms with Gasteiger partial charge in [-0.25, -0.2) is 0 Å². The Kier molecular flexibility index (Phi) is 4.45. The van der Waals surface area contributed by atoms with E-state index in [0.29, 0.717) is 31.7 Å². The molecule has 1 fully saturated rings. The first kappa shape index (κ1) is 17.0. The minimum atomic E-state index is -0.702. The highest BCUT2D eigenvalue weighted by atomic mass is 16.6. The van der Waals surface area contributed by atoms with Crippen LogP contribution in [0.2, 0.25) is 0 Å². The van der Waals surface area contributed by atoms with Crippen molar-refractivity contribution in [2.24, 2.45) is 5.16 Å². The molecule has 1 amide bonds. The predicted octanol–water partition coefficient (Wildman–Crippen LogP) is 2.90. The van der Waals surface area contributed by atoms with Crippen LogP contribution in [0.4, 0.5) is 11.4 Å². The van der Waals surface area contributed by atoms with Crippen LogP contribution >= 0.6 is 0 Å². The van der Waals surface area contributed by atoms with Crippen LogP contribution in [0.3, 0.4) is 0 Å². The molecule has 8 heteroatoms. The molecular weight excluding hydrogens is 350 g/mol. The molecule has 0 radical (unpaired) electrons. The van der Waals surface area contributed by atoms with E-state index < -0.39 is 11.0 Å². The van der Waals surface area contributed by atoms with Gasteiger partial charge < -0.3 is 14.5 Å². The van der Waals surface area contributed by atoms with Gasteiger partial charge in [0.05, 0.1) is 22.9 Å². The van der Waals surface area contributed by atoms with Gasteiger partial charge in [0, 0.05) is 37.1 Å². The van der Waals surface area contributed by atoms with Crippen molar-refractivity contribution in [3.63, 3.8) is 0 Å². The van der Waals surface area contributed by atoms with Crippen LogP contribution in [0.5, 0.6) is 5.75 Å². The Bertz CT molecular complexity index is 927. The van der Waals surface area contributed by atoms with E-state index in [9.17, 15) is 14.9 Å². The lowest BCUT2D eigenvalue weighted by Crippen LogP contribution is -2.30. The summed E-state index contributed by atoms with van der Waals surface area (Å²) >= 11 is 0. The molecule has 1 unspecified atom stereocenters. The maximum atomic E-state index is 12.6. The maximum absolute atomic E-state index is 12.6. The van der Waals surface area contributed by atoms with Gasteiger partial charge in [0.25, 0.3) is 11.6 Å². The zero-order valence-electron chi connectivity index (χ0n) is 14.4. The Balaban J connectivity index is 1.49. The topological polar surface area (TPSA) is 94.3 Å². The number of para-hydroxylation sites is 1. The zero-order valence-corrected chi connectivity index (χ0v) is 14.4.